The summed E-state index contributed by atoms with van der Waals surface area (Å²) < 4.78 is 0. The van der Waals surface area contributed by atoms with Gasteiger partial charge in [-0.3, -0.25) is 9.89 Å². The van der Waals surface area contributed by atoms with E-state index in [2.05, 4.69) is 25.5 Å². The molecule has 31 heavy (non-hydrogen) atoms. The molecule has 0 spiro atoms. The third-order valence-electron chi connectivity index (χ3n) is 6.37. The van der Waals surface area contributed by atoms with Crippen LogP contribution in [0.4, 0.5) is 11.5 Å². The molecule has 1 saturated heterocycles. The van der Waals surface area contributed by atoms with Gasteiger partial charge in [0.15, 0.2) is 0 Å². The van der Waals surface area contributed by atoms with Crippen LogP contribution in [-0.2, 0) is 17.6 Å². The summed E-state index contributed by atoms with van der Waals surface area (Å²) in [6, 6.07) is 6.05. The lowest BCUT2D eigenvalue weighted by Crippen LogP contribution is -2.37. The quantitative estimate of drug-likeness (QED) is 0.458. The number of aromatic amines is 1. The maximum absolute atomic E-state index is 12.9. The Hall–Kier alpha value is -3.04. The second-order valence-corrected chi connectivity index (χ2v) is 9.45. The molecule has 0 bridgehead atoms. The van der Waals surface area contributed by atoms with Crippen molar-refractivity contribution in [1.82, 2.24) is 25.1 Å². The highest BCUT2D eigenvalue weighted by atomic mass is 32.1. The number of aryl methyl sites for hydroxylation is 1. The van der Waals surface area contributed by atoms with Crippen LogP contribution in [0, 0.1) is 5.92 Å². The second-order valence-electron chi connectivity index (χ2n) is 8.37. The first-order valence-electron chi connectivity index (χ1n) is 10.6. The maximum atomic E-state index is 12.9. The van der Waals surface area contributed by atoms with Gasteiger partial charge in [0.05, 0.1) is 23.2 Å². The van der Waals surface area contributed by atoms with E-state index in [4.69, 9.17) is 0 Å². The normalized spacial score (nSPS) is 21.0. The zero-order valence-corrected chi connectivity index (χ0v) is 17.7. The Morgan fingerprint density at radius 3 is 3.10 bits per heavy atom. The predicted octanol–water partition coefficient (Wildman–Crippen LogP) is 3.01. The van der Waals surface area contributed by atoms with Crippen molar-refractivity contribution in [3.05, 3.63) is 41.2 Å². The van der Waals surface area contributed by atoms with E-state index in [0.29, 0.717) is 19.5 Å². The zero-order chi connectivity index (χ0) is 20.9. The molecule has 1 unspecified atom stereocenters. The van der Waals surface area contributed by atoms with Gasteiger partial charge in [-0.15, -0.1) is 11.3 Å². The van der Waals surface area contributed by atoms with E-state index < -0.39 is 0 Å². The second kappa shape index (κ2) is 7.28. The summed E-state index contributed by atoms with van der Waals surface area (Å²) in [4.78, 5) is 26.0. The number of nitrogens with one attached hydrogen (secondary N) is 2. The van der Waals surface area contributed by atoms with E-state index in [-0.39, 0.29) is 17.9 Å². The predicted molar refractivity (Wildman–Crippen MR) is 120 cm³/mol. The topological polar surface area (TPSA) is 107 Å². The number of benzene rings is 1. The lowest BCUT2D eigenvalue weighted by molar-refractivity contribution is -0.135. The number of aliphatic hydroxyl groups is 1. The summed E-state index contributed by atoms with van der Waals surface area (Å²) >= 11 is 1.67. The molecule has 1 amide bonds. The largest absolute Gasteiger partial charge is 0.391 e. The van der Waals surface area contributed by atoms with Crippen molar-refractivity contribution in [2.45, 2.75) is 31.8 Å². The van der Waals surface area contributed by atoms with E-state index in [0.717, 1.165) is 51.9 Å². The number of anilines is 2. The number of likely N-dealkylation sites (tertiary alicyclic amines) is 1. The fourth-order valence-electron chi connectivity index (χ4n) is 4.77. The van der Waals surface area contributed by atoms with E-state index >= 15 is 0 Å². The Balaban J connectivity index is 1.30. The van der Waals surface area contributed by atoms with Gasteiger partial charge in [0.2, 0.25) is 5.91 Å². The van der Waals surface area contributed by atoms with Crippen LogP contribution >= 0.6 is 11.3 Å². The van der Waals surface area contributed by atoms with Crippen LogP contribution in [0.25, 0.3) is 21.1 Å². The number of H-pyrrole nitrogens is 1. The molecule has 158 valence electrons. The molecule has 4 aromatic rings. The third kappa shape index (κ3) is 3.24. The minimum absolute atomic E-state index is 0.0151. The van der Waals surface area contributed by atoms with Crippen LogP contribution in [0.5, 0.6) is 0 Å². The van der Waals surface area contributed by atoms with Crippen molar-refractivity contribution in [3.63, 3.8) is 0 Å². The molecule has 9 heteroatoms. The van der Waals surface area contributed by atoms with E-state index in [1.807, 2.05) is 23.1 Å². The molecular formula is C22H22N6O2S. The molecule has 1 aromatic carbocycles. The molecule has 8 nitrogen and oxygen atoms in total. The van der Waals surface area contributed by atoms with Gasteiger partial charge in [-0.25, -0.2) is 9.97 Å². The smallest absolute Gasteiger partial charge is 0.226 e. The van der Waals surface area contributed by atoms with Gasteiger partial charge in [-0.2, -0.15) is 5.10 Å². The number of hydrogen-bond acceptors (Lipinski definition) is 7. The van der Waals surface area contributed by atoms with Crippen LogP contribution in [0.2, 0.25) is 0 Å². The first-order valence-corrected chi connectivity index (χ1v) is 11.4. The number of aromatic nitrogens is 4. The van der Waals surface area contributed by atoms with Gasteiger partial charge in [0.25, 0.3) is 0 Å². The van der Waals surface area contributed by atoms with Crippen molar-refractivity contribution in [1.29, 1.82) is 0 Å². The third-order valence-corrected chi connectivity index (χ3v) is 7.53. The summed E-state index contributed by atoms with van der Waals surface area (Å²) in [6.45, 7) is 1.13. The molecule has 4 heterocycles. The fraction of sp³-hybridized carbons (Fsp3) is 0.364. The van der Waals surface area contributed by atoms with Crippen molar-refractivity contribution in [2.75, 3.05) is 18.4 Å². The molecule has 2 aliphatic rings. The fourth-order valence-corrected chi connectivity index (χ4v) is 6.04. The molecule has 0 saturated carbocycles. The van der Waals surface area contributed by atoms with Crippen LogP contribution < -0.4 is 5.32 Å². The van der Waals surface area contributed by atoms with Crippen LogP contribution in [-0.4, -0.2) is 55.3 Å². The zero-order valence-electron chi connectivity index (χ0n) is 16.8. The van der Waals surface area contributed by atoms with Crippen molar-refractivity contribution >= 4 is 49.9 Å². The highest BCUT2D eigenvalue weighted by molar-refractivity contribution is 7.19. The summed E-state index contributed by atoms with van der Waals surface area (Å²) in [6.07, 6.45) is 6.10. The number of carbonyl (C=O) groups is 1. The SMILES string of the molecule is O=C(C1CCc2c(sc3ncnc(Nc4ccc5[nH]ncc5c4)c23)C1)N1CC[C@@H](O)C1. The molecule has 3 N–H and O–H groups in total. The number of carbonyl (C=O) groups excluding carboxylic acids is 1. The monoisotopic (exact) mass is 434 g/mol. The number of rotatable bonds is 3. The Bertz CT molecular complexity index is 1300. The van der Waals surface area contributed by atoms with Gasteiger partial charge >= 0.3 is 0 Å². The van der Waals surface area contributed by atoms with E-state index in [1.54, 1.807) is 23.9 Å². The number of nitrogens with zero attached hydrogens (tertiary/aromatic N) is 4. The first-order chi connectivity index (χ1) is 15.2. The van der Waals surface area contributed by atoms with Crippen LogP contribution in [0.15, 0.2) is 30.7 Å². The van der Waals surface area contributed by atoms with Gasteiger partial charge < -0.3 is 15.3 Å². The number of aliphatic hydroxyl groups excluding tert-OH is 1. The van der Waals surface area contributed by atoms with E-state index in [1.165, 1.54) is 10.4 Å². The molecule has 1 aliphatic heterocycles. The standard InChI is InChI=1S/C22H22N6O2S/c29-15-5-6-28(10-15)22(30)12-1-3-16-18(8-12)31-21-19(16)20(23-11-24-21)26-14-2-4-17-13(7-14)9-25-27-17/h2,4,7,9,11-12,15,29H,1,3,5-6,8,10H2,(H,25,27)(H,23,24,26)/t12?,15-/m1/s1. The molecular weight excluding hydrogens is 412 g/mol. The Morgan fingerprint density at radius 2 is 2.23 bits per heavy atom. The highest BCUT2D eigenvalue weighted by Crippen LogP contribution is 2.41. The molecule has 1 fully saturated rings. The maximum Gasteiger partial charge on any atom is 0.226 e. The summed E-state index contributed by atoms with van der Waals surface area (Å²) in [5, 5.41) is 22.4. The van der Waals surface area contributed by atoms with Crippen molar-refractivity contribution in [3.8, 4) is 0 Å². The number of β-amino-alcohol motifs (C(OH)–C–C–N with tert-alkyl or cyclic N) is 1. The highest BCUT2D eigenvalue weighted by Gasteiger charge is 2.34. The summed E-state index contributed by atoms with van der Waals surface area (Å²) in [7, 11) is 0. The summed E-state index contributed by atoms with van der Waals surface area (Å²) in [5.41, 5.74) is 3.20. The Kier molecular flexibility index (Phi) is 4.39. The van der Waals surface area contributed by atoms with E-state index in [9.17, 15) is 9.90 Å². The van der Waals surface area contributed by atoms with Crippen LogP contribution in [0.3, 0.4) is 0 Å². The van der Waals surface area contributed by atoms with Crippen LogP contribution in [0.1, 0.15) is 23.3 Å². The summed E-state index contributed by atoms with van der Waals surface area (Å²) in [5.74, 6) is 0.967. The average Bonchev–Trinajstić information content (AvgIpc) is 3.50. The first kappa shape index (κ1) is 18.7. The van der Waals surface area contributed by atoms with Gasteiger partial charge in [0, 0.05) is 35.0 Å². The molecule has 1 aliphatic carbocycles. The minimum Gasteiger partial charge on any atom is -0.391 e. The van der Waals surface area contributed by atoms with Gasteiger partial charge in [-0.1, -0.05) is 0 Å². The minimum atomic E-state index is -0.377. The molecule has 0 radical (unpaired) electrons. The number of fused-ring (bicyclic) bond motifs is 4. The lowest BCUT2D eigenvalue weighted by Gasteiger charge is -2.26. The molecule has 6 rings (SSSR count). The number of thiophene rings is 1. The van der Waals surface area contributed by atoms with Gasteiger partial charge in [-0.05, 0) is 49.4 Å². The lowest BCUT2D eigenvalue weighted by atomic mass is 9.87. The number of hydrogen-bond donors (Lipinski definition) is 3. The molecule has 3 aromatic heterocycles. The average molecular weight is 435 g/mol. The Labute approximate surface area is 182 Å². The van der Waals surface area contributed by atoms with Crippen molar-refractivity contribution < 1.29 is 9.90 Å². The Morgan fingerprint density at radius 1 is 1.29 bits per heavy atom. The molecule has 2 atom stereocenters. The van der Waals surface area contributed by atoms with Crippen molar-refractivity contribution in [2.24, 2.45) is 5.92 Å². The van der Waals surface area contributed by atoms with Gasteiger partial charge in [0.1, 0.15) is 17.0 Å². The number of amides is 1.